The molecule has 0 fully saturated rings. The van der Waals surface area contributed by atoms with E-state index in [2.05, 4.69) is 12.3 Å². The van der Waals surface area contributed by atoms with Gasteiger partial charge in [0.05, 0.1) is 19.3 Å². The molecule has 0 aromatic heterocycles. The molecule has 0 saturated heterocycles. The summed E-state index contributed by atoms with van der Waals surface area (Å²) in [7, 11) is 1.61. The highest BCUT2D eigenvalue weighted by molar-refractivity contribution is 5.88. The van der Waals surface area contributed by atoms with Crippen LogP contribution in [0.4, 0.5) is 0 Å². The molecule has 90 valence electrons. The molecule has 0 aliphatic rings. The summed E-state index contributed by atoms with van der Waals surface area (Å²) in [6.45, 7) is 5.63. The Morgan fingerprint density at radius 2 is 2.00 bits per heavy atom. The van der Waals surface area contributed by atoms with Gasteiger partial charge in [-0.2, -0.15) is 0 Å². The highest BCUT2D eigenvalue weighted by atomic mass is 16.5. The Morgan fingerprint density at radius 1 is 1.35 bits per heavy atom. The van der Waals surface area contributed by atoms with Crippen LogP contribution in [0.15, 0.2) is 42.1 Å². The lowest BCUT2D eigenvalue weighted by Gasteiger charge is -2.05. The monoisotopic (exact) mass is 232 g/mol. The fourth-order valence-corrected chi connectivity index (χ4v) is 1.37. The second-order valence-electron chi connectivity index (χ2n) is 3.40. The van der Waals surface area contributed by atoms with Crippen LogP contribution in [0.5, 0.6) is 5.75 Å². The first-order valence-corrected chi connectivity index (χ1v) is 5.40. The Morgan fingerprint density at radius 3 is 2.47 bits per heavy atom. The standard InChI is InChI=1S/C14H16O3/c1-4-12(14(15)17-5-2)10-11-6-8-13(16-3)9-7-11/h6-9H,1,5,10H2,2-3H3. The highest BCUT2D eigenvalue weighted by Gasteiger charge is 2.10. The molecule has 0 atom stereocenters. The molecular formula is C14H16O3. The Hall–Kier alpha value is -1.99. The molecule has 0 N–H and O–H groups in total. The molecule has 1 rings (SSSR count). The lowest BCUT2D eigenvalue weighted by molar-refractivity contribution is -0.138. The van der Waals surface area contributed by atoms with E-state index in [1.54, 1.807) is 14.0 Å². The van der Waals surface area contributed by atoms with Crippen LogP contribution in [0.1, 0.15) is 12.5 Å². The number of rotatable bonds is 5. The first-order valence-electron chi connectivity index (χ1n) is 5.40. The Labute approximate surface area is 101 Å². The van der Waals surface area contributed by atoms with Gasteiger partial charge in [-0.15, -0.1) is 5.73 Å². The average Bonchev–Trinajstić information content (AvgIpc) is 2.37. The van der Waals surface area contributed by atoms with Gasteiger partial charge < -0.3 is 9.47 Å². The third-order valence-corrected chi connectivity index (χ3v) is 2.28. The van der Waals surface area contributed by atoms with Crippen molar-refractivity contribution in [3.63, 3.8) is 0 Å². The van der Waals surface area contributed by atoms with Gasteiger partial charge in [0, 0.05) is 6.42 Å². The molecule has 0 heterocycles. The smallest absolute Gasteiger partial charge is 0.342 e. The maximum absolute atomic E-state index is 11.5. The number of hydrogen-bond donors (Lipinski definition) is 0. The van der Waals surface area contributed by atoms with Crippen molar-refractivity contribution >= 4 is 5.97 Å². The molecular weight excluding hydrogens is 216 g/mol. The topological polar surface area (TPSA) is 35.5 Å². The lowest BCUT2D eigenvalue weighted by atomic mass is 10.1. The van der Waals surface area contributed by atoms with Crippen molar-refractivity contribution in [2.45, 2.75) is 13.3 Å². The van der Waals surface area contributed by atoms with Crippen molar-refractivity contribution in [1.82, 2.24) is 0 Å². The van der Waals surface area contributed by atoms with Crippen LogP contribution < -0.4 is 4.74 Å². The average molecular weight is 232 g/mol. The molecule has 0 aliphatic heterocycles. The summed E-state index contributed by atoms with van der Waals surface area (Å²) >= 11 is 0. The van der Waals surface area contributed by atoms with E-state index in [9.17, 15) is 4.79 Å². The number of ether oxygens (including phenoxy) is 2. The fraction of sp³-hybridized carbons (Fsp3) is 0.286. The third-order valence-electron chi connectivity index (χ3n) is 2.28. The minimum absolute atomic E-state index is 0.354. The van der Waals surface area contributed by atoms with Crippen LogP contribution in [0.2, 0.25) is 0 Å². The van der Waals surface area contributed by atoms with Crippen molar-refractivity contribution in [3.05, 3.63) is 47.7 Å². The van der Waals surface area contributed by atoms with E-state index >= 15 is 0 Å². The molecule has 17 heavy (non-hydrogen) atoms. The summed E-state index contributed by atoms with van der Waals surface area (Å²) in [5.41, 5.74) is 4.06. The minimum atomic E-state index is -0.363. The normalized spacial score (nSPS) is 9.29. The van der Waals surface area contributed by atoms with Gasteiger partial charge in [-0.05, 0) is 24.6 Å². The largest absolute Gasteiger partial charge is 0.497 e. The van der Waals surface area contributed by atoms with Gasteiger partial charge in [-0.3, -0.25) is 0 Å². The van der Waals surface area contributed by atoms with Gasteiger partial charge in [0.25, 0.3) is 0 Å². The zero-order chi connectivity index (χ0) is 12.7. The van der Waals surface area contributed by atoms with E-state index in [-0.39, 0.29) is 5.97 Å². The Balaban J connectivity index is 2.74. The summed E-state index contributed by atoms with van der Waals surface area (Å²) in [5.74, 6) is 0.423. The number of esters is 1. The fourth-order valence-electron chi connectivity index (χ4n) is 1.37. The third kappa shape index (κ3) is 3.82. The highest BCUT2D eigenvalue weighted by Crippen LogP contribution is 2.14. The van der Waals surface area contributed by atoms with Gasteiger partial charge >= 0.3 is 5.97 Å². The molecule has 0 bridgehead atoms. The molecule has 0 spiro atoms. The van der Waals surface area contributed by atoms with E-state index in [4.69, 9.17) is 9.47 Å². The van der Waals surface area contributed by atoms with Crippen LogP contribution in [-0.4, -0.2) is 19.7 Å². The minimum Gasteiger partial charge on any atom is -0.497 e. The predicted octanol–water partition coefficient (Wildman–Crippen LogP) is 2.51. The molecule has 0 unspecified atom stereocenters. The van der Waals surface area contributed by atoms with Gasteiger partial charge in [0.1, 0.15) is 5.75 Å². The second-order valence-corrected chi connectivity index (χ2v) is 3.40. The first-order chi connectivity index (χ1) is 8.21. The van der Waals surface area contributed by atoms with Crippen LogP contribution >= 0.6 is 0 Å². The van der Waals surface area contributed by atoms with Gasteiger partial charge in [0.15, 0.2) is 0 Å². The Bertz CT molecular complexity index is 425. The number of hydrogen-bond acceptors (Lipinski definition) is 3. The summed E-state index contributed by atoms with van der Waals surface area (Å²) in [6, 6.07) is 7.49. The van der Waals surface area contributed by atoms with Crippen LogP contribution in [0, 0.1) is 0 Å². The number of benzene rings is 1. The molecule has 1 aromatic rings. The molecule has 1 aromatic carbocycles. The summed E-state index contributed by atoms with van der Waals surface area (Å²) in [5, 5.41) is 0. The zero-order valence-electron chi connectivity index (χ0n) is 10.2. The van der Waals surface area contributed by atoms with Gasteiger partial charge in [-0.1, -0.05) is 18.7 Å². The molecule has 0 aliphatic carbocycles. The predicted molar refractivity (Wildman–Crippen MR) is 66.0 cm³/mol. The summed E-state index contributed by atoms with van der Waals surface area (Å²) < 4.78 is 9.97. The molecule has 3 nitrogen and oxygen atoms in total. The van der Waals surface area contributed by atoms with Crippen molar-refractivity contribution in [1.29, 1.82) is 0 Å². The van der Waals surface area contributed by atoms with Crippen molar-refractivity contribution in [3.8, 4) is 5.75 Å². The van der Waals surface area contributed by atoms with Crippen molar-refractivity contribution in [2.75, 3.05) is 13.7 Å². The van der Waals surface area contributed by atoms with E-state index in [1.807, 2.05) is 24.3 Å². The van der Waals surface area contributed by atoms with Crippen molar-refractivity contribution in [2.24, 2.45) is 0 Å². The lowest BCUT2D eigenvalue weighted by Crippen LogP contribution is -2.09. The van der Waals surface area contributed by atoms with E-state index < -0.39 is 0 Å². The molecule has 0 saturated carbocycles. The molecule has 0 amide bonds. The van der Waals surface area contributed by atoms with E-state index in [0.29, 0.717) is 18.6 Å². The van der Waals surface area contributed by atoms with E-state index in [1.165, 1.54) is 0 Å². The second kappa shape index (κ2) is 6.56. The van der Waals surface area contributed by atoms with Crippen molar-refractivity contribution < 1.29 is 14.3 Å². The van der Waals surface area contributed by atoms with Gasteiger partial charge in [-0.25, -0.2) is 4.79 Å². The number of methoxy groups -OCH3 is 1. The quantitative estimate of drug-likeness (QED) is 0.444. The van der Waals surface area contributed by atoms with Crippen LogP contribution in [0.25, 0.3) is 0 Å². The van der Waals surface area contributed by atoms with E-state index in [0.717, 1.165) is 11.3 Å². The molecule has 0 radical (unpaired) electrons. The SMILES string of the molecule is C=C=C(Cc1ccc(OC)cc1)C(=O)OCC. The van der Waals surface area contributed by atoms with Gasteiger partial charge in [0.2, 0.25) is 0 Å². The zero-order valence-corrected chi connectivity index (χ0v) is 10.2. The number of carbonyl (C=O) groups is 1. The first kappa shape index (κ1) is 13.1. The maximum atomic E-state index is 11.5. The van der Waals surface area contributed by atoms with Crippen LogP contribution in [0.3, 0.4) is 0 Å². The summed E-state index contributed by atoms with van der Waals surface area (Å²) in [6.07, 6.45) is 0.465. The van der Waals surface area contributed by atoms with Crippen LogP contribution in [-0.2, 0) is 16.0 Å². The summed E-state index contributed by atoms with van der Waals surface area (Å²) in [4.78, 5) is 11.5. The maximum Gasteiger partial charge on any atom is 0.342 e. The molecule has 3 heteroatoms. The Kier molecular flexibility index (Phi) is 5.05. The number of carbonyl (C=O) groups excluding carboxylic acids is 1.